The Morgan fingerprint density at radius 2 is 2.00 bits per heavy atom. The minimum atomic E-state index is -0.378. The van der Waals surface area contributed by atoms with Crippen LogP contribution in [0.25, 0.3) is 0 Å². The van der Waals surface area contributed by atoms with Crippen LogP contribution in [0.15, 0.2) is 58.9 Å². The van der Waals surface area contributed by atoms with Crippen LogP contribution in [0, 0.1) is 10.1 Å². The summed E-state index contributed by atoms with van der Waals surface area (Å²) in [6.07, 6.45) is 0. The van der Waals surface area contributed by atoms with Crippen LogP contribution in [0.2, 0.25) is 0 Å². The molecular formula is C17H16N4O2S2. The first-order valence-electron chi connectivity index (χ1n) is 7.64. The second-order valence-electron chi connectivity index (χ2n) is 5.32. The molecule has 0 aliphatic rings. The Kier molecular flexibility index (Phi) is 5.62. The summed E-state index contributed by atoms with van der Waals surface area (Å²) in [5, 5.41) is 23.3. The van der Waals surface area contributed by atoms with Crippen molar-refractivity contribution in [3.8, 4) is 0 Å². The summed E-state index contributed by atoms with van der Waals surface area (Å²) in [5.74, 6) is 0. The van der Waals surface area contributed by atoms with Crippen LogP contribution in [-0.4, -0.2) is 15.1 Å². The third-order valence-electron chi connectivity index (χ3n) is 3.52. The van der Waals surface area contributed by atoms with Crippen LogP contribution in [0.5, 0.6) is 0 Å². The summed E-state index contributed by atoms with van der Waals surface area (Å²) in [5.41, 5.74) is 2.18. The normalized spacial score (nSPS) is 11.9. The van der Waals surface area contributed by atoms with E-state index in [-0.39, 0.29) is 15.9 Å². The molecule has 3 aromatic rings. The molecule has 6 nitrogen and oxygen atoms in total. The lowest BCUT2D eigenvalue weighted by atomic mass is 10.1. The van der Waals surface area contributed by atoms with Gasteiger partial charge < -0.3 is 5.32 Å². The van der Waals surface area contributed by atoms with Gasteiger partial charge in [-0.05, 0) is 18.1 Å². The maximum atomic E-state index is 10.9. The molecule has 1 aromatic heterocycles. The number of benzene rings is 2. The van der Waals surface area contributed by atoms with Gasteiger partial charge in [-0.25, -0.2) is 0 Å². The molecule has 0 aliphatic heterocycles. The molecule has 25 heavy (non-hydrogen) atoms. The largest absolute Gasteiger partial charge is 0.356 e. The molecule has 0 fully saturated rings. The van der Waals surface area contributed by atoms with E-state index in [1.54, 1.807) is 23.9 Å². The number of hydrogen-bond acceptors (Lipinski definition) is 7. The lowest BCUT2D eigenvalue weighted by Gasteiger charge is -2.08. The van der Waals surface area contributed by atoms with Crippen LogP contribution < -0.4 is 5.32 Å². The maximum absolute atomic E-state index is 10.9. The second-order valence-corrected chi connectivity index (χ2v) is 7.89. The van der Waals surface area contributed by atoms with Crippen molar-refractivity contribution in [1.82, 2.24) is 10.2 Å². The summed E-state index contributed by atoms with van der Waals surface area (Å²) < 4.78 is 0.828. The van der Waals surface area contributed by atoms with E-state index >= 15 is 0 Å². The van der Waals surface area contributed by atoms with Crippen molar-refractivity contribution in [1.29, 1.82) is 0 Å². The number of hydrogen-bond donors (Lipinski definition) is 1. The van der Waals surface area contributed by atoms with Gasteiger partial charge >= 0.3 is 0 Å². The second kappa shape index (κ2) is 8.09. The van der Waals surface area contributed by atoms with Crippen LogP contribution in [-0.2, 0) is 6.54 Å². The third kappa shape index (κ3) is 4.77. The van der Waals surface area contributed by atoms with Crippen LogP contribution in [0.3, 0.4) is 0 Å². The Morgan fingerprint density at radius 1 is 1.20 bits per heavy atom. The molecule has 2 aromatic carbocycles. The predicted octanol–water partition coefficient (Wildman–Crippen LogP) is 4.91. The van der Waals surface area contributed by atoms with Crippen molar-refractivity contribution >= 4 is 33.9 Å². The van der Waals surface area contributed by atoms with Crippen LogP contribution in [0.4, 0.5) is 10.8 Å². The molecule has 0 spiro atoms. The molecule has 3 rings (SSSR count). The number of thioether (sulfide) groups is 1. The van der Waals surface area contributed by atoms with E-state index < -0.39 is 0 Å². The molecule has 0 amide bonds. The molecule has 0 saturated carbocycles. The lowest BCUT2D eigenvalue weighted by Crippen LogP contribution is -1.98. The van der Waals surface area contributed by atoms with Gasteiger partial charge in [-0.2, -0.15) is 0 Å². The third-order valence-corrected chi connectivity index (χ3v) is 5.64. The van der Waals surface area contributed by atoms with E-state index in [9.17, 15) is 10.1 Å². The number of nitro groups is 1. The fourth-order valence-electron chi connectivity index (χ4n) is 2.21. The Labute approximate surface area is 153 Å². The summed E-state index contributed by atoms with van der Waals surface area (Å²) in [6.45, 7) is 2.70. The number of nitro benzene ring substituents is 1. The average molecular weight is 372 g/mol. The maximum Gasteiger partial charge on any atom is 0.269 e. The smallest absolute Gasteiger partial charge is 0.269 e. The van der Waals surface area contributed by atoms with E-state index in [0.717, 1.165) is 15.0 Å². The van der Waals surface area contributed by atoms with Crippen molar-refractivity contribution in [3.63, 3.8) is 0 Å². The molecule has 0 aliphatic carbocycles. The summed E-state index contributed by atoms with van der Waals surface area (Å²) in [7, 11) is 0. The first-order chi connectivity index (χ1) is 12.1. The number of nitrogens with one attached hydrogen (secondary N) is 1. The molecule has 0 bridgehead atoms. The predicted molar refractivity (Wildman–Crippen MR) is 101 cm³/mol. The lowest BCUT2D eigenvalue weighted by molar-refractivity contribution is -0.384. The van der Waals surface area contributed by atoms with Gasteiger partial charge in [0.25, 0.3) is 5.69 Å². The summed E-state index contributed by atoms with van der Waals surface area (Å²) in [6, 6.07) is 16.8. The topological polar surface area (TPSA) is 81.0 Å². The molecule has 1 N–H and O–H groups in total. The van der Waals surface area contributed by atoms with Gasteiger partial charge in [0.05, 0.1) is 4.92 Å². The Hall–Kier alpha value is -2.45. The standard InChI is InChI=1S/C17H16N4O2S2/c1-12(14-8-5-9-15(10-14)21(22)23)24-17-20-19-16(25-17)18-11-13-6-3-2-4-7-13/h2-10,12H,11H2,1H3,(H,18,19). The minimum absolute atomic E-state index is 0.0508. The van der Waals surface area contributed by atoms with Gasteiger partial charge in [0.15, 0.2) is 4.34 Å². The van der Waals surface area contributed by atoms with E-state index in [1.165, 1.54) is 23.0 Å². The highest BCUT2D eigenvalue weighted by Crippen LogP contribution is 2.38. The number of non-ortho nitro benzene ring substituents is 1. The van der Waals surface area contributed by atoms with Gasteiger partial charge in [0.2, 0.25) is 5.13 Å². The SMILES string of the molecule is CC(Sc1nnc(NCc2ccccc2)s1)c1cccc([N+](=O)[O-])c1. The minimum Gasteiger partial charge on any atom is -0.356 e. The van der Waals surface area contributed by atoms with Gasteiger partial charge in [-0.1, -0.05) is 65.6 Å². The van der Waals surface area contributed by atoms with E-state index in [0.29, 0.717) is 6.54 Å². The van der Waals surface area contributed by atoms with Crippen molar-refractivity contribution in [3.05, 3.63) is 75.8 Å². The highest BCUT2D eigenvalue weighted by molar-refractivity contribution is 8.01. The number of anilines is 1. The Bertz CT molecular complexity index is 855. The summed E-state index contributed by atoms with van der Waals surface area (Å²) >= 11 is 3.02. The molecule has 1 atom stereocenters. The molecule has 0 saturated heterocycles. The van der Waals surface area contributed by atoms with Crippen LogP contribution >= 0.6 is 23.1 Å². The van der Waals surface area contributed by atoms with Crippen molar-refractivity contribution < 1.29 is 4.92 Å². The number of rotatable bonds is 7. The van der Waals surface area contributed by atoms with Gasteiger partial charge in [0, 0.05) is 23.9 Å². The quantitative estimate of drug-likeness (QED) is 0.360. The Balaban J connectivity index is 1.61. The molecular weight excluding hydrogens is 356 g/mol. The first kappa shape index (κ1) is 17.4. The average Bonchev–Trinajstić information content (AvgIpc) is 3.08. The molecule has 128 valence electrons. The van der Waals surface area contributed by atoms with E-state index in [1.807, 2.05) is 43.3 Å². The highest BCUT2D eigenvalue weighted by Gasteiger charge is 2.14. The zero-order valence-electron chi connectivity index (χ0n) is 13.5. The van der Waals surface area contributed by atoms with Gasteiger partial charge in [-0.15, -0.1) is 10.2 Å². The molecule has 8 heteroatoms. The van der Waals surface area contributed by atoms with Crippen molar-refractivity contribution in [2.24, 2.45) is 0 Å². The van der Waals surface area contributed by atoms with Crippen molar-refractivity contribution in [2.75, 3.05) is 5.32 Å². The van der Waals surface area contributed by atoms with E-state index in [4.69, 9.17) is 0 Å². The summed E-state index contributed by atoms with van der Waals surface area (Å²) in [4.78, 5) is 10.5. The van der Waals surface area contributed by atoms with Gasteiger partial charge in [-0.3, -0.25) is 10.1 Å². The fraction of sp³-hybridized carbons (Fsp3) is 0.176. The number of nitrogens with zero attached hydrogens (tertiary/aromatic N) is 3. The molecule has 1 heterocycles. The molecule has 0 radical (unpaired) electrons. The fourth-order valence-corrected chi connectivity index (χ4v) is 4.22. The van der Waals surface area contributed by atoms with E-state index in [2.05, 4.69) is 15.5 Å². The van der Waals surface area contributed by atoms with Crippen molar-refractivity contribution in [2.45, 2.75) is 23.1 Å². The zero-order valence-corrected chi connectivity index (χ0v) is 15.1. The van der Waals surface area contributed by atoms with Gasteiger partial charge in [0.1, 0.15) is 0 Å². The monoisotopic (exact) mass is 372 g/mol. The highest BCUT2D eigenvalue weighted by atomic mass is 32.2. The van der Waals surface area contributed by atoms with Crippen LogP contribution in [0.1, 0.15) is 23.3 Å². The molecule has 1 unspecified atom stereocenters. The number of aromatic nitrogens is 2. The Morgan fingerprint density at radius 3 is 2.76 bits per heavy atom. The zero-order chi connectivity index (χ0) is 17.6. The first-order valence-corrected chi connectivity index (χ1v) is 9.34.